The number of rotatable bonds is 9. The molecular formula is C27H22Cl2FN3O4S. The molecule has 0 atom stereocenters. The molecule has 2 aromatic heterocycles. The molecule has 0 amide bonds. The van der Waals surface area contributed by atoms with Gasteiger partial charge in [0.1, 0.15) is 11.6 Å². The van der Waals surface area contributed by atoms with E-state index >= 15 is 0 Å². The van der Waals surface area contributed by atoms with Gasteiger partial charge in [-0.05, 0) is 66.9 Å². The average molecular weight is 574 g/mol. The minimum absolute atomic E-state index is 0.0199. The Kier molecular flexibility index (Phi) is 7.11. The number of Topliss-reactive ketones (excluding diaryl/α,β-unsaturated/α-hetero) is 1. The van der Waals surface area contributed by atoms with E-state index in [1.165, 1.54) is 24.4 Å². The molecule has 1 aliphatic rings. The van der Waals surface area contributed by atoms with Crippen molar-refractivity contribution in [3.05, 3.63) is 93.2 Å². The molecule has 7 nitrogen and oxygen atoms in total. The topological polar surface area (TPSA) is 103 Å². The third kappa shape index (κ3) is 5.23. The first kappa shape index (κ1) is 26.5. The zero-order chi connectivity index (χ0) is 27.1. The molecule has 1 fully saturated rings. The molecule has 196 valence electrons. The Labute approximate surface area is 228 Å². The van der Waals surface area contributed by atoms with Crippen molar-refractivity contribution in [1.29, 1.82) is 0 Å². The van der Waals surface area contributed by atoms with Gasteiger partial charge in [0.25, 0.3) is 5.89 Å². The second kappa shape index (κ2) is 10.2. The van der Waals surface area contributed by atoms with Gasteiger partial charge >= 0.3 is 0 Å². The van der Waals surface area contributed by atoms with Gasteiger partial charge in [-0.1, -0.05) is 35.3 Å². The highest BCUT2D eigenvalue weighted by Crippen LogP contribution is 2.56. The summed E-state index contributed by atoms with van der Waals surface area (Å²) in [6.07, 6.45) is 2.85. The molecule has 0 N–H and O–H groups in total. The molecule has 2 heterocycles. The molecule has 4 aromatic rings. The van der Waals surface area contributed by atoms with E-state index in [1.807, 2.05) is 0 Å². The number of benzene rings is 2. The van der Waals surface area contributed by atoms with Crippen LogP contribution in [0.5, 0.6) is 0 Å². The van der Waals surface area contributed by atoms with Crippen LogP contribution in [0.15, 0.2) is 64.1 Å². The summed E-state index contributed by atoms with van der Waals surface area (Å²) in [4.78, 5) is 21.5. The number of aromatic nitrogens is 3. The molecule has 38 heavy (non-hydrogen) atoms. The Bertz CT molecular complexity index is 1590. The maximum Gasteiger partial charge on any atom is 0.257 e. The third-order valence-corrected chi connectivity index (χ3v) is 8.91. The fraction of sp³-hybridized carbons (Fsp3) is 0.259. The highest BCUT2D eigenvalue weighted by Gasteiger charge is 2.52. The largest absolute Gasteiger partial charge is 0.334 e. The molecule has 0 spiro atoms. The maximum absolute atomic E-state index is 13.3. The van der Waals surface area contributed by atoms with Gasteiger partial charge in [0.05, 0.1) is 16.1 Å². The van der Waals surface area contributed by atoms with Crippen LogP contribution in [0, 0.1) is 5.82 Å². The number of nitrogens with zero attached hydrogens (tertiary/aromatic N) is 3. The van der Waals surface area contributed by atoms with Crippen molar-refractivity contribution in [3.8, 4) is 11.5 Å². The number of pyridine rings is 1. The second-order valence-electron chi connectivity index (χ2n) is 9.23. The van der Waals surface area contributed by atoms with Gasteiger partial charge in [0.2, 0.25) is 0 Å². The van der Waals surface area contributed by atoms with Crippen molar-refractivity contribution in [1.82, 2.24) is 15.1 Å². The molecule has 0 aliphatic heterocycles. The fourth-order valence-corrected chi connectivity index (χ4v) is 6.10. The molecule has 0 unspecified atom stereocenters. The molecule has 2 aromatic carbocycles. The Balaban J connectivity index is 1.32. The lowest BCUT2D eigenvalue weighted by molar-refractivity contribution is -0.117. The van der Waals surface area contributed by atoms with Crippen LogP contribution in [-0.2, 0) is 32.9 Å². The molecule has 0 saturated heterocycles. The van der Waals surface area contributed by atoms with Crippen molar-refractivity contribution < 1.29 is 22.1 Å². The number of hydrogen-bond acceptors (Lipinski definition) is 7. The molecular weight excluding hydrogens is 552 g/mol. The Hall–Kier alpha value is -3.14. The molecule has 5 rings (SSSR count). The van der Waals surface area contributed by atoms with E-state index in [4.69, 9.17) is 27.7 Å². The number of hydrogen-bond donors (Lipinski definition) is 0. The SMILES string of the molecule is CCS(=O)(=O)c1ccc(CC(=O)Cc2cc(Cl)c(C3(c4noc(-c5ccc(F)cc5)n4)CC3)c(Cl)c2)nc1. The van der Waals surface area contributed by atoms with Crippen molar-refractivity contribution in [2.24, 2.45) is 0 Å². The second-order valence-corrected chi connectivity index (χ2v) is 12.3. The van der Waals surface area contributed by atoms with Crippen molar-refractivity contribution in [2.75, 3.05) is 5.75 Å². The standard InChI is InChI=1S/C27H22Cl2FN3O4S/c1-2-38(35,36)21-8-7-19(31-15-21)14-20(34)11-16-12-22(28)24(23(29)13-16)27(9-10-27)26-32-25(37-33-26)17-3-5-18(30)6-4-17/h3-8,12-13,15H,2,9-11,14H2,1H3. The lowest BCUT2D eigenvalue weighted by Crippen LogP contribution is -2.14. The summed E-state index contributed by atoms with van der Waals surface area (Å²) in [7, 11) is -3.35. The Morgan fingerprint density at radius 3 is 2.32 bits per heavy atom. The first-order valence-electron chi connectivity index (χ1n) is 11.9. The number of ketones is 1. The monoisotopic (exact) mass is 573 g/mol. The summed E-state index contributed by atoms with van der Waals surface area (Å²) >= 11 is 13.3. The predicted octanol–water partition coefficient (Wildman–Crippen LogP) is 5.81. The van der Waals surface area contributed by atoms with E-state index in [2.05, 4.69) is 15.1 Å². The average Bonchev–Trinajstić information content (AvgIpc) is 3.51. The normalized spacial score (nSPS) is 14.4. The number of sulfone groups is 1. The van der Waals surface area contributed by atoms with Crippen molar-refractivity contribution in [3.63, 3.8) is 0 Å². The number of carbonyl (C=O) groups is 1. The summed E-state index contributed by atoms with van der Waals surface area (Å²) in [6, 6.07) is 12.2. The van der Waals surface area contributed by atoms with E-state index in [0.29, 0.717) is 38.3 Å². The van der Waals surface area contributed by atoms with Crippen LogP contribution < -0.4 is 0 Å². The van der Waals surface area contributed by atoms with Crippen LogP contribution in [0.25, 0.3) is 11.5 Å². The minimum Gasteiger partial charge on any atom is -0.334 e. The lowest BCUT2D eigenvalue weighted by Gasteiger charge is -2.16. The lowest BCUT2D eigenvalue weighted by atomic mass is 9.92. The Morgan fingerprint density at radius 1 is 1.05 bits per heavy atom. The summed E-state index contributed by atoms with van der Waals surface area (Å²) in [5.74, 6) is 0.222. The predicted molar refractivity (Wildman–Crippen MR) is 141 cm³/mol. The highest BCUT2D eigenvalue weighted by molar-refractivity contribution is 7.91. The summed E-state index contributed by atoms with van der Waals surface area (Å²) < 4.78 is 42.6. The first-order valence-corrected chi connectivity index (χ1v) is 14.3. The molecule has 11 heteroatoms. The van der Waals surface area contributed by atoms with Crippen LogP contribution in [0.3, 0.4) is 0 Å². The van der Waals surface area contributed by atoms with E-state index in [9.17, 15) is 17.6 Å². The van der Waals surface area contributed by atoms with Crippen LogP contribution in [-0.4, -0.2) is 35.1 Å². The summed E-state index contributed by atoms with van der Waals surface area (Å²) in [5.41, 5.74) is 1.81. The van der Waals surface area contributed by atoms with Crippen LogP contribution in [0.1, 0.15) is 42.4 Å². The third-order valence-electron chi connectivity index (χ3n) is 6.59. The van der Waals surface area contributed by atoms with Crippen LogP contribution >= 0.6 is 23.2 Å². The number of carbonyl (C=O) groups excluding carboxylic acids is 1. The van der Waals surface area contributed by atoms with Gasteiger partial charge < -0.3 is 4.52 Å². The number of halogens is 3. The van der Waals surface area contributed by atoms with Gasteiger partial charge in [-0.15, -0.1) is 0 Å². The van der Waals surface area contributed by atoms with Crippen molar-refractivity contribution in [2.45, 2.75) is 42.9 Å². The van der Waals surface area contributed by atoms with E-state index in [0.717, 1.165) is 12.8 Å². The van der Waals surface area contributed by atoms with Crippen LogP contribution in [0.2, 0.25) is 10.0 Å². The molecule has 0 bridgehead atoms. The van der Waals surface area contributed by atoms with Gasteiger partial charge in [0, 0.05) is 45.9 Å². The van der Waals surface area contributed by atoms with Gasteiger partial charge in [-0.2, -0.15) is 4.98 Å². The van der Waals surface area contributed by atoms with Crippen LogP contribution in [0.4, 0.5) is 4.39 Å². The Morgan fingerprint density at radius 2 is 1.74 bits per heavy atom. The van der Waals surface area contributed by atoms with Crippen molar-refractivity contribution >= 4 is 38.8 Å². The highest BCUT2D eigenvalue weighted by atomic mass is 35.5. The van der Waals surface area contributed by atoms with Gasteiger partial charge in [-0.3, -0.25) is 9.78 Å². The molecule has 0 radical (unpaired) electrons. The summed E-state index contributed by atoms with van der Waals surface area (Å²) in [6.45, 7) is 1.56. The quantitative estimate of drug-likeness (QED) is 0.249. The van der Waals surface area contributed by atoms with Gasteiger partial charge in [0.15, 0.2) is 15.7 Å². The summed E-state index contributed by atoms with van der Waals surface area (Å²) in [5, 5.41) is 4.96. The smallest absolute Gasteiger partial charge is 0.257 e. The molecule has 1 saturated carbocycles. The zero-order valence-corrected chi connectivity index (χ0v) is 22.6. The zero-order valence-electron chi connectivity index (χ0n) is 20.2. The van der Waals surface area contributed by atoms with E-state index in [1.54, 1.807) is 37.3 Å². The minimum atomic E-state index is -3.35. The molecule has 1 aliphatic carbocycles. The first-order chi connectivity index (χ1) is 18.1. The van der Waals surface area contributed by atoms with Gasteiger partial charge in [-0.25, -0.2) is 12.8 Å². The fourth-order valence-electron chi connectivity index (χ4n) is 4.38. The van der Waals surface area contributed by atoms with E-state index < -0.39 is 15.3 Å². The van der Waals surface area contributed by atoms with E-state index in [-0.39, 0.29) is 41.0 Å². The maximum atomic E-state index is 13.3.